The van der Waals surface area contributed by atoms with Gasteiger partial charge in [-0.2, -0.15) is 0 Å². The molecule has 1 heterocycles. The third-order valence-electron chi connectivity index (χ3n) is 19.6. The van der Waals surface area contributed by atoms with Crippen LogP contribution in [-0.4, -0.2) is 17.9 Å². The maximum absolute atomic E-state index is 12.8. The molecule has 0 unspecified atom stereocenters. The molecule has 5 heteroatoms. The van der Waals surface area contributed by atoms with Crippen molar-refractivity contribution in [3.05, 3.63) is 87.0 Å². The molecular weight excluding hydrogens is 1200 g/mol. The molecule has 0 radical (unpaired) electrons. The summed E-state index contributed by atoms with van der Waals surface area (Å²) in [7, 11) is 0. The topological polar surface area (TPSA) is 43.8 Å². The zero-order chi connectivity index (χ0) is 68.2. The summed E-state index contributed by atoms with van der Waals surface area (Å²) in [5.74, 6) is 14.4. The van der Waals surface area contributed by atoms with Gasteiger partial charge in [0.15, 0.2) is 0 Å². The van der Waals surface area contributed by atoms with Gasteiger partial charge in [-0.3, -0.25) is 0 Å². The Bertz CT molecular complexity index is 2260. The van der Waals surface area contributed by atoms with Gasteiger partial charge in [0.2, 0.25) is 11.4 Å². The van der Waals surface area contributed by atoms with E-state index in [9.17, 15) is 5.53 Å². The molecular formula is C90H154N2NiO2. The quantitative estimate of drug-likeness (QED) is 0.0287. The Balaban J connectivity index is 0.00000316. The third-order valence-corrected chi connectivity index (χ3v) is 20.2. The SMILES string of the molecule is CCCCCCCCCCCCCCCCCCCCC#CCCc1ccc(CCCCCCCC)cc1C1=CC(CCCC)=C(c2cc(CCCCCCCC)ccc2CCC#CCCCCCCCCCCCCCCCCCCCC)[N+]1=[N-].CCC[O][Ni][O]CCC. The average Bonchev–Trinajstić information content (AvgIpc) is 1.64. The number of hydrogen-bond donors (Lipinski definition) is 0. The van der Waals surface area contributed by atoms with E-state index in [1.54, 1.807) is 4.70 Å². The van der Waals surface area contributed by atoms with E-state index in [0.29, 0.717) is 0 Å². The Morgan fingerprint density at radius 1 is 0.305 bits per heavy atom. The van der Waals surface area contributed by atoms with Crippen LogP contribution in [0.2, 0.25) is 0 Å². The van der Waals surface area contributed by atoms with E-state index in [4.69, 9.17) is 7.76 Å². The van der Waals surface area contributed by atoms with Gasteiger partial charge in [0.05, 0.1) is 0 Å². The molecule has 2 aromatic carbocycles. The molecule has 95 heavy (non-hydrogen) atoms. The first-order valence-electron chi connectivity index (χ1n) is 41.9. The van der Waals surface area contributed by atoms with Crippen molar-refractivity contribution in [1.29, 1.82) is 0 Å². The molecule has 1 aliphatic rings. The maximum atomic E-state index is 12.8. The van der Waals surface area contributed by atoms with Crippen LogP contribution in [0.1, 0.15) is 448 Å². The summed E-state index contributed by atoms with van der Waals surface area (Å²) < 4.78 is 11.6. The van der Waals surface area contributed by atoms with Gasteiger partial charge in [-0.1, -0.05) is 348 Å². The Hall–Kier alpha value is -2.95. The van der Waals surface area contributed by atoms with E-state index < -0.39 is 0 Å². The fourth-order valence-electron chi connectivity index (χ4n) is 13.4. The summed E-state index contributed by atoms with van der Waals surface area (Å²) in [5, 5.41) is 0. The molecule has 0 spiro atoms. The second-order valence-corrected chi connectivity index (χ2v) is 29.4. The molecule has 0 saturated carbocycles. The van der Waals surface area contributed by atoms with E-state index in [0.717, 1.165) is 123 Å². The van der Waals surface area contributed by atoms with Crippen molar-refractivity contribution < 1.29 is 27.5 Å². The molecule has 0 N–H and O–H groups in total. The molecule has 0 saturated heterocycles. The van der Waals surface area contributed by atoms with Gasteiger partial charge in [-0.25, -0.2) is 4.70 Å². The van der Waals surface area contributed by atoms with Crippen LogP contribution < -0.4 is 0 Å². The normalized spacial score (nSPS) is 12.1. The van der Waals surface area contributed by atoms with Crippen molar-refractivity contribution >= 4 is 11.4 Å². The number of nitrogens with zero attached hydrogens (tertiary/aromatic N) is 2. The molecule has 0 aromatic heterocycles. The second kappa shape index (κ2) is 68.2. The van der Waals surface area contributed by atoms with Crippen LogP contribution in [0, 0.1) is 23.7 Å². The minimum atomic E-state index is 0.781. The van der Waals surface area contributed by atoms with Crippen LogP contribution in [0.4, 0.5) is 0 Å². The van der Waals surface area contributed by atoms with Crippen molar-refractivity contribution in [3.63, 3.8) is 0 Å². The first kappa shape index (κ1) is 88.1. The third kappa shape index (κ3) is 49.3. The standard InChI is InChI=1S/C84H140N2.2C3H7O.Ni/c1-6-11-16-20-24-26-28-30-32-34-36-38-40-42-44-46-48-50-52-54-58-62-67-78-71-69-76(64-60-56-22-18-13-8-3)73-81(78)83-75-80(66-15-10-5)84(86(83)85)82-74-77(65-61-57-23-19-14-9-4)70-72-79(82)68-63-59-55-53-51-49-47-45-43-41-39-37-35-33-31-29-27-25-21-17-12-7-2;2*1-2-3-4;/h69-75H,6-53,56-57,60-68H2,1-5H3;2*2-3H2,1H3;/q;2*-1;+2. The average molecular weight is 1350 g/mol. The summed E-state index contributed by atoms with van der Waals surface area (Å²) in [6, 6.07) is 14.4. The van der Waals surface area contributed by atoms with Crippen LogP contribution in [-0.2, 0) is 48.5 Å². The van der Waals surface area contributed by atoms with E-state index in [2.05, 4.69) is 115 Å². The fraction of sp³-hybridized carbons (Fsp3) is 0.778. The van der Waals surface area contributed by atoms with Crippen LogP contribution in [0.25, 0.3) is 16.9 Å². The Kier molecular flexibility index (Phi) is 63.3. The van der Waals surface area contributed by atoms with Crippen LogP contribution >= 0.6 is 0 Å². The molecule has 546 valence electrons. The summed E-state index contributed by atoms with van der Waals surface area (Å²) in [5.41, 5.74) is 23.9. The first-order chi connectivity index (χ1) is 47.0. The molecule has 3 rings (SSSR count). The molecule has 2 aromatic rings. The number of allylic oxidation sites excluding steroid dienone is 2. The zero-order valence-electron chi connectivity index (χ0n) is 64.1. The van der Waals surface area contributed by atoms with Crippen molar-refractivity contribution in [1.82, 2.24) is 0 Å². The van der Waals surface area contributed by atoms with Gasteiger partial charge >= 0.3 is 62.7 Å². The second-order valence-electron chi connectivity index (χ2n) is 28.7. The van der Waals surface area contributed by atoms with Crippen molar-refractivity contribution in [2.24, 2.45) is 0 Å². The van der Waals surface area contributed by atoms with E-state index in [1.165, 1.54) is 347 Å². The van der Waals surface area contributed by atoms with E-state index >= 15 is 0 Å². The van der Waals surface area contributed by atoms with Crippen LogP contribution in [0.5, 0.6) is 0 Å². The van der Waals surface area contributed by atoms with Crippen molar-refractivity contribution in [2.75, 3.05) is 13.2 Å². The Morgan fingerprint density at radius 3 is 0.937 bits per heavy atom. The predicted octanol–water partition coefficient (Wildman–Crippen LogP) is 30.0. The molecule has 1 aliphatic heterocycles. The fourth-order valence-corrected chi connectivity index (χ4v) is 14.1. The monoisotopic (exact) mass is 1350 g/mol. The van der Waals surface area contributed by atoms with Gasteiger partial charge in [0.25, 0.3) is 0 Å². The van der Waals surface area contributed by atoms with Crippen LogP contribution in [0.3, 0.4) is 0 Å². The molecule has 0 amide bonds. The van der Waals surface area contributed by atoms with Crippen LogP contribution in [0.15, 0.2) is 48.0 Å². The van der Waals surface area contributed by atoms with Gasteiger partial charge in [0.1, 0.15) is 0 Å². The number of aryl methyl sites for hydroxylation is 4. The number of benzene rings is 2. The predicted molar refractivity (Wildman–Crippen MR) is 417 cm³/mol. The molecule has 0 bridgehead atoms. The van der Waals surface area contributed by atoms with Gasteiger partial charge in [-0.15, -0.1) is 23.7 Å². The Labute approximate surface area is 599 Å². The van der Waals surface area contributed by atoms with Gasteiger partial charge in [0, 0.05) is 48.5 Å². The van der Waals surface area contributed by atoms with E-state index in [-0.39, 0.29) is 0 Å². The van der Waals surface area contributed by atoms with Gasteiger partial charge in [-0.05, 0) is 98.6 Å². The summed E-state index contributed by atoms with van der Waals surface area (Å²) in [6.07, 6.45) is 81.8. The van der Waals surface area contributed by atoms with Crippen molar-refractivity contribution in [2.45, 2.75) is 440 Å². The molecule has 0 atom stereocenters. The van der Waals surface area contributed by atoms with E-state index in [1.807, 2.05) is 0 Å². The minimum absolute atomic E-state index is 0.781. The summed E-state index contributed by atoms with van der Waals surface area (Å²) in [4.78, 5) is 0. The molecule has 0 fully saturated rings. The van der Waals surface area contributed by atoms with Crippen molar-refractivity contribution in [3.8, 4) is 23.7 Å². The first-order valence-corrected chi connectivity index (χ1v) is 42.7. The Morgan fingerprint density at radius 2 is 0.600 bits per heavy atom. The summed E-state index contributed by atoms with van der Waals surface area (Å²) >= 11 is 0.942. The molecule has 0 aliphatic carbocycles. The van der Waals surface area contributed by atoms with Gasteiger partial charge < -0.3 is 5.53 Å². The molecule has 4 nitrogen and oxygen atoms in total. The number of hydrogen-bond acceptors (Lipinski definition) is 2. The number of unbranched alkanes of at least 4 members (excludes halogenated alkanes) is 47. The number of rotatable bonds is 65. The zero-order valence-corrected chi connectivity index (χ0v) is 65.1. The summed E-state index contributed by atoms with van der Waals surface area (Å²) in [6.45, 7) is 17.2.